The zero-order valence-corrected chi connectivity index (χ0v) is 17.5. The van der Waals surface area contributed by atoms with Crippen LogP contribution in [0.25, 0.3) is 6.08 Å². The van der Waals surface area contributed by atoms with Gasteiger partial charge in [0, 0.05) is 25.2 Å². The highest BCUT2D eigenvalue weighted by atomic mass is 16.5. The van der Waals surface area contributed by atoms with Crippen molar-refractivity contribution in [3.8, 4) is 0 Å². The van der Waals surface area contributed by atoms with Gasteiger partial charge in [0.15, 0.2) is 6.61 Å². The summed E-state index contributed by atoms with van der Waals surface area (Å²) in [6.45, 7) is 0.414. The van der Waals surface area contributed by atoms with E-state index in [1.807, 2.05) is 30.3 Å². The summed E-state index contributed by atoms with van der Waals surface area (Å²) < 4.78 is 5.07. The number of amides is 4. The average Bonchev–Trinajstić information content (AvgIpc) is 3.29. The van der Waals surface area contributed by atoms with Gasteiger partial charge in [-0.15, -0.1) is 0 Å². The van der Waals surface area contributed by atoms with Crippen molar-refractivity contribution in [3.05, 3.63) is 42.0 Å². The van der Waals surface area contributed by atoms with Crippen LogP contribution in [0.4, 0.5) is 4.79 Å². The van der Waals surface area contributed by atoms with Crippen molar-refractivity contribution in [2.24, 2.45) is 5.92 Å². The van der Waals surface area contributed by atoms with Crippen LogP contribution in [0.5, 0.6) is 0 Å². The van der Waals surface area contributed by atoms with Gasteiger partial charge in [-0.25, -0.2) is 4.79 Å². The van der Waals surface area contributed by atoms with Crippen molar-refractivity contribution in [2.75, 3.05) is 19.7 Å². The highest BCUT2D eigenvalue weighted by molar-refractivity contribution is 5.95. The molecule has 1 saturated heterocycles. The first-order chi connectivity index (χ1) is 15.0. The Bertz CT molecular complexity index is 810. The number of esters is 1. The SMILES string of the molecule is O=C(COC(=O)C1CCN(C(=O)/C=C/c2ccccc2)CC1)NC(=O)NC1CCCC1. The van der Waals surface area contributed by atoms with E-state index in [4.69, 9.17) is 4.74 Å². The molecule has 2 fully saturated rings. The summed E-state index contributed by atoms with van der Waals surface area (Å²) in [6, 6.07) is 9.11. The van der Waals surface area contributed by atoms with Crippen molar-refractivity contribution in [3.63, 3.8) is 0 Å². The molecule has 1 heterocycles. The molecule has 4 amide bonds. The van der Waals surface area contributed by atoms with Crippen LogP contribution in [0.3, 0.4) is 0 Å². The molecule has 8 nitrogen and oxygen atoms in total. The van der Waals surface area contributed by atoms with Crippen LogP contribution in [0, 0.1) is 5.92 Å². The first kappa shape index (κ1) is 22.5. The van der Waals surface area contributed by atoms with Crippen LogP contribution in [-0.4, -0.2) is 54.5 Å². The largest absolute Gasteiger partial charge is 0.455 e. The van der Waals surface area contributed by atoms with E-state index in [1.54, 1.807) is 11.0 Å². The molecule has 1 aromatic rings. The van der Waals surface area contributed by atoms with Crippen LogP contribution in [0.2, 0.25) is 0 Å². The number of carbonyl (C=O) groups excluding carboxylic acids is 4. The molecule has 166 valence electrons. The number of benzene rings is 1. The van der Waals surface area contributed by atoms with Gasteiger partial charge >= 0.3 is 12.0 Å². The molecule has 0 unspecified atom stereocenters. The summed E-state index contributed by atoms with van der Waals surface area (Å²) in [5, 5.41) is 4.93. The number of ether oxygens (including phenoxy) is 1. The molecule has 2 N–H and O–H groups in total. The van der Waals surface area contributed by atoms with E-state index in [-0.39, 0.29) is 17.9 Å². The monoisotopic (exact) mass is 427 g/mol. The van der Waals surface area contributed by atoms with E-state index < -0.39 is 24.5 Å². The molecule has 0 aromatic heterocycles. The maximum Gasteiger partial charge on any atom is 0.321 e. The number of carbonyl (C=O) groups is 4. The van der Waals surface area contributed by atoms with Crippen LogP contribution in [0.1, 0.15) is 44.1 Å². The van der Waals surface area contributed by atoms with Crippen LogP contribution in [-0.2, 0) is 19.1 Å². The number of hydrogen-bond donors (Lipinski definition) is 2. The highest BCUT2D eigenvalue weighted by Crippen LogP contribution is 2.19. The van der Waals surface area contributed by atoms with Crippen molar-refractivity contribution < 1.29 is 23.9 Å². The lowest BCUT2D eigenvalue weighted by atomic mass is 9.97. The second-order valence-corrected chi connectivity index (χ2v) is 7.95. The fraction of sp³-hybridized carbons (Fsp3) is 0.478. The molecule has 1 aliphatic heterocycles. The molecule has 0 atom stereocenters. The minimum atomic E-state index is -0.650. The van der Waals surface area contributed by atoms with E-state index in [9.17, 15) is 19.2 Å². The predicted octanol–water partition coefficient (Wildman–Crippen LogP) is 2.25. The molecular formula is C23H29N3O5. The smallest absolute Gasteiger partial charge is 0.321 e. The number of hydrogen-bond acceptors (Lipinski definition) is 5. The molecular weight excluding hydrogens is 398 g/mol. The third-order valence-corrected chi connectivity index (χ3v) is 5.65. The number of piperidine rings is 1. The molecule has 0 spiro atoms. The maximum absolute atomic E-state index is 12.3. The highest BCUT2D eigenvalue weighted by Gasteiger charge is 2.28. The van der Waals surface area contributed by atoms with Gasteiger partial charge in [0.1, 0.15) is 0 Å². The first-order valence-corrected chi connectivity index (χ1v) is 10.8. The van der Waals surface area contributed by atoms with Crippen molar-refractivity contribution in [2.45, 2.75) is 44.6 Å². The minimum absolute atomic E-state index is 0.0941. The Labute approximate surface area is 182 Å². The van der Waals surface area contributed by atoms with E-state index in [1.165, 1.54) is 6.08 Å². The van der Waals surface area contributed by atoms with Gasteiger partial charge in [0.2, 0.25) is 5.91 Å². The summed E-state index contributed by atoms with van der Waals surface area (Å²) in [5.74, 6) is -1.58. The van der Waals surface area contributed by atoms with Gasteiger partial charge in [0.25, 0.3) is 5.91 Å². The molecule has 3 rings (SSSR count). The van der Waals surface area contributed by atoms with Crippen LogP contribution < -0.4 is 10.6 Å². The Morgan fingerprint density at radius 3 is 2.35 bits per heavy atom. The average molecular weight is 428 g/mol. The van der Waals surface area contributed by atoms with Gasteiger partial charge in [-0.1, -0.05) is 43.2 Å². The Kier molecular flexibility index (Phi) is 8.20. The molecule has 1 saturated carbocycles. The van der Waals surface area contributed by atoms with Crippen molar-refractivity contribution >= 4 is 29.9 Å². The number of urea groups is 1. The summed E-state index contributed by atoms with van der Waals surface area (Å²) >= 11 is 0. The quantitative estimate of drug-likeness (QED) is 0.535. The van der Waals surface area contributed by atoms with Gasteiger partial charge in [0.05, 0.1) is 5.92 Å². The molecule has 2 aliphatic rings. The zero-order chi connectivity index (χ0) is 22.1. The lowest BCUT2D eigenvalue weighted by Gasteiger charge is -2.30. The molecule has 31 heavy (non-hydrogen) atoms. The Hall–Kier alpha value is -3.16. The Morgan fingerprint density at radius 2 is 1.68 bits per heavy atom. The normalized spacial score (nSPS) is 17.5. The van der Waals surface area contributed by atoms with Gasteiger partial charge < -0.3 is 15.0 Å². The third kappa shape index (κ3) is 7.24. The van der Waals surface area contributed by atoms with Crippen molar-refractivity contribution in [1.29, 1.82) is 0 Å². The molecule has 1 aliphatic carbocycles. The van der Waals surface area contributed by atoms with Gasteiger partial charge in [-0.3, -0.25) is 19.7 Å². The predicted molar refractivity (Wildman–Crippen MR) is 115 cm³/mol. The second-order valence-electron chi connectivity index (χ2n) is 7.95. The zero-order valence-electron chi connectivity index (χ0n) is 17.5. The number of likely N-dealkylation sites (tertiary alicyclic amines) is 1. The Morgan fingerprint density at radius 1 is 1.00 bits per heavy atom. The van der Waals surface area contributed by atoms with Gasteiger partial charge in [-0.2, -0.15) is 0 Å². The second kappa shape index (κ2) is 11.3. The first-order valence-electron chi connectivity index (χ1n) is 10.8. The summed E-state index contributed by atoms with van der Waals surface area (Å²) in [5.41, 5.74) is 0.949. The fourth-order valence-electron chi connectivity index (χ4n) is 3.88. The van der Waals surface area contributed by atoms with E-state index in [2.05, 4.69) is 10.6 Å². The number of nitrogens with one attached hydrogen (secondary N) is 2. The molecule has 0 bridgehead atoms. The molecule has 1 aromatic carbocycles. The minimum Gasteiger partial charge on any atom is -0.455 e. The third-order valence-electron chi connectivity index (χ3n) is 5.65. The van der Waals surface area contributed by atoms with E-state index in [0.717, 1.165) is 31.2 Å². The van der Waals surface area contributed by atoms with Crippen LogP contribution in [0.15, 0.2) is 36.4 Å². The maximum atomic E-state index is 12.3. The molecule has 0 radical (unpaired) electrons. The molecule has 8 heteroatoms. The van der Waals surface area contributed by atoms with Gasteiger partial charge in [-0.05, 0) is 37.3 Å². The van der Waals surface area contributed by atoms with Crippen LogP contribution >= 0.6 is 0 Å². The standard InChI is InChI=1S/C23H29N3O5/c27-20(25-23(30)24-19-8-4-5-9-19)16-31-22(29)18-12-14-26(15-13-18)21(28)11-10-17-6-2-1-3-7-17/h1-3,6-7,10-11,18-19H,4-5,8-9,12-16H2,(H2,24,25,27,30)/b11-10+. The lowest BCUT2D eigenvalue weighted by Crippen LogP contribution is -2.45. The fourth-order valence-corrected chi connectivity index (χ4v) is 3.88. The Balaban J connectivity index is 1.34. The number of imide groups is 1. The number of rotatable bonds is 6. The van der Waals surface area contributed by atoms with E-state index >= 15 is 0 Å². The number of nitrogens with zero attached hydrogens (tertiary/aromatic N) is 1. The lowest BCUT2D eigenvalue weighted by molar-refractivity contribution is -0.154. The summed E-state index contributed by atoms with van der Waals surface area (Å²) in [6.07, 6.45) is 8.24. The topological polar surface area (TPSA) is 105 Å². The summed E-state index contributed by atoms with van der Waals surface area (Å²) in [4.78, 5) is 49.9. The van der Waals surface area contributed by atoms with E-state index in [0.29, 0.717) is 25.9 Å². The van der Waals surface area contributed by atoms with Crippen molar-refractivity contribution in [1.82, 2.24) is 15.5 Å². The summed E-state index contributed by atoms with van der Waals surface area (Å²) in [7, 11) is 0.